The summed E-state index contributed by atoms with van der Waals surface area (Å²) in [5.41, 5.74) is 0. The van der Waals surface area contributed by atoms with Crippen LogP contribution < -0.4 is 5.32 Å². The quantitative estimate of drug-likeness (QED) is 0.640. The monoisotopic (exact) mass is 184 g/mol. The molecule has 1 saturated carbocycles. The summed E-state index contributed by atoms with van der Waals surface area (Å²) < 4.78 is 5.77. The Labute approximate surface area is 80.4 Å². The first kappa shape index (κ1) is 9.44. The molecule has 3 unspecified atom stereocenters. The van der Waals surface area contributed by atoms with Gasteiger partial charge in [0.2, 0.25) is 0 Å². The normalized spacial score (nSPS) is 40.4. The summed E-state index contributed by atoms with van der Waals surface area (Å²) >= 11 is 0. The average molecular weight is 184 g/mol. The number of fused-ring (bicyclic) bond motifs is 1. The van der Waals surface area contributed by atoms with Crippen LogP contribution in [0, 0.1) is 0 Å². The summed E-state index contributed by atoms with van der Waals surface area (Å²) in [7, 11) is 4.34. The van der Waals surface area contributed by atoms with Crippen molar-refractivity contribution < 1.29 is 4.74 Å². The van der Waals surface area contributed by atoms with Crippen LogP contribution in [0.1, 0.15) is 19.3 Å². The first-order chi connectivity index (χ1) is 6.27. The highest BCUT2D eigenvalue weighted by Gasteiger charge is 2.33. The molecule has 0 radical (unpaired) electrons. The standard InChI is InChI=1S/C10H20N2O/c1-12(2)8-3-4-9-10(7-8)13-6-5-11-9/h8-11H,3-7H2,1-2H3. The van der Waals surface area contributed by atoms with Gasteiger partial charge in [0.05, 0.1) is 12.7 Å². The highest BCUT2D eigenvalue weighted by molar-refractivity contribution is 4.90. The zero-order valence-electron chi connectivity index (χ0n) is 8.62. The summed E-state index contributed by atoms with van der Waals surface area (Å²) in [5.74, 6) is 0. The second-order valence-corrected chi connectivity index (χ2v) is 4.40. The zero-order chi connectivity index (χ0) is 9.26. The first-order valence-corrected chi connectivity index (χ1v) is 5.29. The third kappa shape index (κ3) is 2.03. The molecule has 3 nitrogen and oxygen atoms in total. The van der Waals surface area contributed by atoms with E-state index in [1.54, 1.807) is 0 Å². The highest BCUT2D eigenvalue weighted by atomic mass is 16.5. The lowest BCUT2D eigenvalue weighted by molar-refractivity contribution is -0.0413. The van der Waals surface area contributed by atoms with Crippen molar-refractivity contribution in [1.82, 2.24) is 10.2 Å². The molecular formula is C10H20N2O. The minimum Gasteiger partial charge on any atom is -0.375 e. The predicted octanol–water partition coefficient (Wildman–Crippen LogP) is 0.457. The van der Waals surface area contributed by atoms with Gasteiger partial charge in [-0.2, -0.15) is 0 Å². The van der Waals surface area contributed by atoms with Gasteiger partial charge in [-0.25, -0.2) is 0 Å². The van der Waals surface area contributed by atoms with E-state index >= 15 is 0 Å². The van der Waals surface area contributed by atoms with Crippen LogP contribution in [0.25, 0.3) is 0 Å². The maximum atomic E-state index is 5.77. The Hall–Kier alpha value is -0.120. The maximum Gasteiger partial charge on any atom is 0.0743 e. The first-order valence-electron chi connectivity index (χ1n) is 5.29. The Balaban J connectivity index is 1.91. The van der Waals surface area contributed by atoms with Crippen LogP contribution in [0.4, 0.5) is 0 Å². The largest absolute Gasteiger partial charge is 0.375 e. The molecule has 1 aliphatic carbocycles. The molecular weight excluding hydrogens is 164 g/mol. The van der Waals surface area contributed by atoms with Crippen molar-refractivity contribution in [3.63, 3.8) is 0 Å². The van der Waals surface area contributed by atoms with E-state index in [0.29, 0.717) is 12.1 Å². The fourth-order valence-electron chi connectivity index (χ4n) is 2.45. The van der Waals surface area contributed by atoms with Crippen LogP contribution in [0.2, 0.25) is 0 Å². The molecule has 1 N–H and O–H groups in total. The van der Waals surface area contributed by atoms with Crippen molar-refractivity contribution in [2.45, 2.75) is 37.5 Å². The summed E-state index contributed by atoms with van der Waals surface area (Å²) in [4.78, 5) is 2.33. The van der Waals surface area contributed by atoms with Gasteiger partial charge in [0.15, 0.2) is 0 Å². The third-order valence-corrected chi connectivity index (χ3v) is 3.33. The summed E-state index contributed by atoms with van der Waals surface area (Å²) in [6.07, 6.45) is 4.25. The van der Waals surface area contributed by atoms with Gasteiger partial charge in [0, 0.05) is 18.6 Å². The van der Waals surface area contributed by atoms with Gasteiger partial charge in [-0.1, -0.05) is 0 Å². The number of morpholine rings is 1. The number of rotatable bonds is 1. The molecule has 0 aromatic rings. The third-order valence-electron chi connectivity index (χ3n) is 3.33. The summed E-state index contributed by atoms with van der Waals surface area (Å²) in [5, 5.41) is 3.54. The Morgan fingerprint density at radius 1 is 1.31 bits per heavy atom. The van der Waals surface area contributed by atoms with Crippen LogP contribution in [-0.2, 0) is 4.74 Å². The van der Waals surface area contributed by atoms with Crippen LogP contribution in [0.15, 0.2) is 0 Å². The van der Waals surface area contributed by atoms with Crippen LogP contribution in [0.3, 0.4) is 0 Å². The van der Waals surface area contributed by atoms with E-state index in [1.165, 1.54) is 19.3 Å². The smallest absolute Gasteiger partial charge is 0.0743 e. The fraction of sp³-hybridized carbons (Fsp3) is 1.00. The van der Waals surface area contributed by atoms with E-state index < -0.39 is 0 Å². The molecule has 1 heterocycles. The van der Waals surface area contributed by atoms with Crippen LogP contribution in [-0.4, -0.2) is 50.3 Å². The van der Waals surface area contributed by atoms with E-state index in [-0.39, 0.29) is 0 Å². The van der Waals surface area contributed by atoms with Crippen molar-refractivity contribution in [2.75, 3.05) is 27.2 Å². The molecule has 2 fully saturated rings. The minimum absolute atomic E-state index is 0.467. The molecule has 2 aliphatic rings. The molecule has 76 valence electrons. The molecule has 0 bridgehead atoms. The van der Waals surface area contributed by atoms with Gasteiger partial charge in [-0.05, 0) is 33.4 Å². The predicted molar refractivity (Wildman–Crippen MR) is 52.9 cm³/mol. The average Bonchev–Trinajstić information content (AvgIpc) is 2.17. The van der Waals surface area contributed by atoms with Gasteiger partial charge in [-0.3, -0.25) is 0 Å². The lowest BCUT2D eigenvalue weighted by Crippen LogP contribution is -2.54. The molecule has 0 spiro atoms. The Morgan fingerprint density at radius 3 is 2.92 bits per heavy atom. The second-order valence-electron chi connectivity index (χ2n) is 4.40. The molecule has 1 aliphatic heterocycles. The van der Waals surface area contributed by atoms with E-state index in [4.69, 9.17) is 4.74 Å². The van der Waals surface area contributed by atoms with Gasteiger partial charge < -0.3 is 15.0 Å². The van der Waals surface area contributed by atoms with Crippen molar-refractivity contribution in [1.29, 1.82) is 0 Å². The van der Waals surface area contributed by atoms with Gasteiger partial charge in [0.1, 0.15) is 0 Å². The molecule has 1 saturated heterocycles. The summed E-state index contributed by atoms with van der Waals surface area (Å²) in [6, 6.07) is 1.35. The number of hydrogen-bond donors (Lipinski definition) is 1. The molecule has 0 aromatic heterocycles. The fourth-order valence-corrected chi connectivity index (χ4v) is 2.45. The van der Waals surface area contributed by atoms with Gasteiger partial charge in [-0.15, -0.1) is 0 Å². The topological polar surface area (TPSA) is 24.5 Å². The van der Waals surface area contributed by atoms with E-state index in [2.05, 4.69) is 24.3 Å². The molecule has 0 aromatic carbocycles. The molecule has 13 heavy (non-hydrogen) atoms. The van der Waals surface area contributed by atoms with E-state index in [1.807, 2.05) is 0 Å². The Bertz CT molecular complexity index is 172. The number of hydrogen-bond acceptors (Lipinski definition) is 3. The van der Waals surface area contributed by atoms with Crippen molar-refractivity contribution in [2.24, 2.45) is 0 Å². The zero-order valence-corrected chi connectivity index (χ0v) is 8.62. The van der Waals surface area contributed by atoms with Crippen molar-refractivity contribution in [3.8, 4) is 0 Å². The molecule has 3 atom stereocenters. The Morgan fingerprint density at radius 2 is 2.15 bits per heavy atom. The number of ether oxygens (including phenoxy) is 1. The molecule has 2 rings (SSSR count). The summed E-state index contributed by atoms with van der Waals surface area (Å²) in [6.45, 7) is 1.93. The lowest BCUT2D eigenvalue weighted by atomic mass is 9.87. The highest BCUT2D eigenvalue weighted by Crippen LogP contribution is 2.25. The van der Waals surface area contributed by atoms with Gasteiger partial charge in [0.25, 0.3) is 0 Å². The van der Waals surface area contributed by atoms with E-state index in [9.17, 15) is 0 Å². The second kappa shape index (κ2) is 3.95. The maximum absolute atomic E-state index is 5.77. The van der Waals surface area contributed by atoms with Crippen LogP contribution in [0.5, 0.6) is 0 Å². The van der Waals surface area contributed by atoms with Gasteiger partial charge >= 0.3 is 0 Å². The lowest BCUT2D eigenvalue weighted by Gasteiger charge is -2.41. The van der Waals surface area contributed by atoms with E-state index in [0.717, 1.165) is 19.2 Å². The number of nitrogens with zero attached hydrogens (tertiary/aromatic N) is 1. The number of nitrogens with one attached hydrogen (secondary N) is 1. The van der Waals surface area contributed by atoms with Crippen molar-refractivity contribution in [3.05, 3.63) is 0 Å². The van der Waals surface area contributed by atoms with Crippen molar-refractivity contribution >= 4 is 0 Å². The molecule has 0 amide bonds. The minimum atomic E-state index is 0.467. The molecule has 3 heteroatoms. The van der Waals surface area contributed by atoms with Crippen LogP contribution >= 0.6 is 0 Å². The SMILES string of the molecule is CN(C)C1CCC2NCCOC2C1. The Kier molecular flexibility index (Phi) is 2.86.